The highest BCUT2D eigenvalue weighted by molar-refractivity contribution is 7.88. The first-order chi connectivity index (χ1) is 6.63. The lowest BCUT2D eigenvalue weighted by atomic mass is 10.5. The van der Waals surface area contributed by atoms with Crippen molar-refractivity contribution in [3.63, 3.8) is 0 Å². The second-order valence-electron chi connectivity index (χ2n) is 2.17. The third kappa shape index (κ3) is 7.70. The highest BCUT2D eigenvalue weighted by atomic mass is 32.2. The topological polar surface area (TPSA) is 83.5 Å². The number of hydrogen-bond donors (Lipinski definition) is 2. The van der Waals surface area contributed by atoms with Crippen LogP contribution >= 0.6 is 0 Å². The minimum Gasteiger partial charge on any atom is -0.325 e. The van der Waals surface area contributed by atoms with Crippen molar-refractivity contribution < 1.29 is 30.9 Å². The van der Waals surface area contributed by atoms with Crippen LogP contribution in [0.25, 0.3) is 0 Å². The number of halogens is 3. The molecule has 0 fully saturated rings. The van der Waals surface area contributed by atoms with Crippen LogP contribution in [0.4, 0.5) is 13.2 Å². The lowest BCUT2D eigenvalue weighted by Crippen LogP contribution is -2.33. The SMILES string of the molecule is O=C(N/C=C/C=C/S(=O)(=O)O)C(F)(F)F. The van der Waals surface area contributed by atoms with Crippen molar-refractivity contribution in [3.05, 3.63) is 23.8 Å². The number of carbonyl (C=O) groups excluding carboxylic acids is 1. The Bertz CT molecular complexity index is 382. The van der Waals surface area contributed by atoms with E-state index in [2.05, 4.69) is 0 Å². The zero-order valence-corrected chi connectivity index (χ0v) is 7.84. The van der Waals surface area contributed by atoms with Gasteiger partial charge >= 0.3 is 12.1 Å². The summed E-state index contributed by atoms with van der Waals surface area (Å²) in [4.78, 5) is 10.1. The van der Waals surface area contributed by atoms with Gasteiger partial charge in [0.15, 0.2) is 0 Å². The summed E-state index contributed by atoms with van der Waals surface area (Å²) in [6, 6.07) is 0. The predicted octanol–water partition coefficient (Wildman–Crippen LogP) is 0.580. The molecule has 0 rings (SSSR count). The minimum atomic E-state index is -5.00. The summed E-state index contributed by atoms with van der Waals surface area (Å²) >= 11 is 0. The molecule has 0 bridgehead atoms. The molecular weight excluding hydrogens is 239 g/mol. The number of amides is 1. The van der Waals surface area contributed by atoms with Crippen molar-refractivity contribution in [1.82, 2.24) is 5.32 Å². The Labute approximate surface area is 83.0 Å². The van der Waals surface area contributed by atoms with Crippen molar-refractivity contribution in [1.29, 1.82) is 0 Å². The number of alkyl halides is 3. The third-order valence-corrected chi connectivity index (χ3v) is 1.43. The quantitative estimate of drug-likeness (QED) is 0.562. The number of carbonyl (C=O) groups is 1. The molecule has 0 aromatic rings. The fraction of sp³-hybridized carbons (Fsp3) is 0.167. The van der Waals surface area contributed by atoms with E-state index in [1.807, 2.05) is 0 Å². The van der Waals surface area contributed by atoms with Gasteiger partial charge in [0, 0.05) is 6.20 Å². The molecule has 1 amide bonds. The van der Waals surface area contributed by atoms with Crippen LogP contribution in [0.1, 0.15) is 0 Å². The van der Waals surface area contributed by atoms with E-state index >= 15 is 0 Å². The summed E-state index contributed by atoms with van der Waals surface area (Å²) in [5, 5.41) is 1.67. The molecule has 0 spiro atoms. The van der Waals surface area contributed by atoms with E-state index in [1.165, 1.54) is 5.32 Å². The molecule has 86 valence electrons. The van der Waals surface area contributed by atoms with Crippen LogP contribution in [-0.2, 0) is 14.9 Å². The standard InChI is InChI=1S/C6H6F3NO4S/c7-6(8,9)5(11)10-3-1-2-4-15(12,13)14/h1-4H,(H,10,11)(H,12,13,14)/b3-1+,4-2+. The van der Waals surface area contributed by atoms with Gasteiger partial charge in [0.2, 0.25) is 0 Å². The summed E-state index contributed by atoms with van der Waals surface area (Å²) in [7, 11) is -4.32. The van der Waals surface area contributed by atoms with Crippen LogP contribution in [0.5, 0.6) is 0 Å². The fourth-order valence-corrected chi connectivity index (χ4v) is 0.695. The summed E-state index contributed by atoms with van der Waals surface area (Å²) < 4.78 is 62.9. The molecule has 0 aliphatic rings. The maximum Gasteiger partial charge on any atom is 0.471 e. The van der Waals surface area contributed by atoms with Crippen LogP contribution in [0.3, 0.4) is 0 Å². The van der Waals surface area contributed by atoms with Gasteiger partial charge in [-0.2, -0.15) is 21.6 Å². The minimum absolute atomic E-state index is 0.337. The highest BCUT2D eigenvalue weighted by Gasteiger charge is 2.37. The first-order valence-corrected chi connectivity index (χ1v) is 4.81. The Morgan fingerprint density at radius 1 is 1.27 bits per heavy atom. The maximum atomic E-state index is 11.5. The maximum absolute atomic E-state index is 11.5. The molecule has 0 aliphatic carbocycles. The lowest BCUT2D eigenvalue weighted by molar-refractivity contribution is -0.172. The largest absolute Gasteiger partial charge is 0.471 e. The van der Waals surface area contributed by atoms with E-state index in [0.29, 0.717) is 11.6 Å². The average molecular weight is 245 g/mol. The smallest absolute Gasteiger partial charge is 0.325 e. The van der Waals surface area contributed by atoms with Crippen molar-refractivity contribution >= 4 is 16.0 Å². The monoisotopic (exact) mass is 245 g/mol. The second kappa shape index (κ2) is 4.94. The molecule has 0 aromatic heterocycles. The van der Waals surface area contributed by atoms with Crippen LogP contribution in [0, 0.1) is 0 Å². The van der Waals surface area contributed by atoms with Gasteiger partial charge in [0.05, 0.1) is 5.41 Å². The molecule has 0 aromatic carbocycles. The van der Waals surface area contributed by atoms with Crippen LogP contribution in [-0.4, -0.2) is 25.1 Å². The molecule has 15 heavy (non-hydrogen) atoms. The molecule has 0 aliphatic heterocycles. The predicted molar refractivity (Wildman–Crippen MR) is 44.0 cm³/mol. The van der Waals surface area contributed by atoms with Crippen molar-refractivity contribution in [3.8, 4) is 0 Å². The number of rotatable bonds is 3. The zero-order valence-electron chi connectivity index (χ0n) is 7.02. The van der Waals surface area contributed by atoms with Crippen LogP contribution in [0.15, 0.2) is 23.8 Å². The first-order valence-electron chi connectivity index (χ1n) is 3.31. The third-order valence-electron chi connectivity index (χ3n) is 0.930. The van der Waals surface area contributed by atoms with E-state index in [-0.39, 0.29) is 0 Å². The van der Waals surface area contributed by atoms with Gasteiger partial charge in [-0.15, -0.1) is 0 Å². The summed E-state index contributed by atoms with van der Waals surface area (Å²) in [6.07, 6.45) is -2.88. The van der Waals surface area contributed by atoms with Gasteiger partial charge in [0.25, 0.3) is 10.1 Å². The van der Waals surface area contributed by atoms with E-state index in [9.17, 15) is 26.4 Å². The van der Waals surface area contributed by atoms with Gasteiger partial charge in [0.1, 0.15) is 0 Å². The Morgan fingerprint density at radius 3 is 2.20 bits per heavy atom. The molecule has 0 saturated heterocycles. The van der Waals surface area contributed by atoms with Crippen LogP contribution < -0.4 is 5.32 Å². The van der Waals surface area contributed by atoms with Crippen molar-refractivity contribution in [2.45, 2.75) is 6.18 Å². The Balaban J connectivity index is 4.15. The Morgan fingerprint density at radius 2 is 1.80 bits per heavy atom. The Kier molecular flexibility index (Phi) is 4.49. The molecule has 2 N–H and O–H groups in total. The summed E-state index contributed by atoms with van der Waals surface area (Å²) in [6.45, 7) is 0. The van der Waals surface area contributed by atoms with Gasteiger partial charge in [-0.25, -0.2) is 0 Å². The lowest BCUT2D eigenvalue weighted by Gasteiger charge is -2.02. The first kappa shape index (κ1) is 13.7. The summed E-state index contributed by atoms with van der Waals surface area (Å²) in [5.74, 6) is -2.18. The molecule has 0 atom stereocenters. The van der Waals surface area contributed by atoms with E-state index in [4.69, 9.17) is 4.55 Å². The number of nitrogens with one attached hydrogen (secondary N) is 1. The van der Waals surface area contributed by atoms with Crippen LogP contribution in [0.2, 0.25) is 0 Å². The van der Waals surface area contributed by atoms with Gasteiger partial charge in [-0.1, -0.05) is 0 Å². The second-order valence-corrected chi connectivity index (χ2v) is 3.48. The van der Waals surface area contributed by atoms with Gasteiger partial charge < -0.3 is 5.32 Å². The number of allylic oxidation sites excluding steroid dienone is 2. The average Bonchev–Trinajstić information content (AvgIpc) is 1.99. The number of hydrogen-bond acceptors (Lipinski definition) is 3. The van der Waals surface area contributed by atoms with Gasteiger partial charge in [-0.3, -0.25) is 9.35 Å². The van der Waals surface area contributed by atoms with E-state index in [1.54, 1.807) is 0 Å². The molecular formula is C6H6F3NO4S. The zero-order chi connectivity index (χ0) is 12.1. The van der Waals surface area contributed by atoms with Crippen molar-refractivity contribution in [2.75, 3.05) is 0 Å². The fourth-order valence-electron chi connectivity index (χ4n) is 0.406. The molecule has 0 heterocycles. The molecule has 0 unspecified atom stereocenters. The Hall–Kier alpha value is -1.35. The van der Waals surface area contributed by atoms with E-state index < -0.39 is 22.2 Å². The molecule has 0 radical (unpaired) electrons. The molecule has 5 nitrogen and oxygen atoms in total. The summed E-state index contributed by atoms with van der Waals surface area (Å²) in [5.41, 5.74) is 0. The normalized spacial score (nSPS) is 13.6. The van der Waals surface area contributed by atoms with Gasteiger partial charge in [-0.05, 0) is 12.2 Å². The molecule has 0 saturated carbocycles. The van der Waals surface area contributed by atoms with Crippen molar-refractivity contribution in [2.24, 2.45) is 0 Å². The highest BCUT2D eigenvalue weighted by Crippen LogP contribution is 2.13. The van der Waals surface area contributed by atoms with E-state index in [0.717, 1.165) is 12.2 Å². The molecule has 9 heteroatoms.